The third kappa shape index (κ3) is 3.29. The minimum Gasteiger partial charge on any atom is -0.480 e. The molecular weight excluding hydrogens is 262 g/mol. The lowest BCUT2D eigenvalue weighted by Gasteiger charge is -2.33. The molecule has 2 atom stereocenters. The van der Waals surface area contributed by atoms with Gasteiger partial charge in [-0.05, 0) is 43.2 Å². The van der Waals surface area contributed by atoms with Gasteiger partial charge in [0.25, 0.3) is 0 Å². The van der Waals surface area contributed by atoms with Crippen LogP contribution in [0.1, 0.15) is 50.0 Å². The zero-order valence-electron chi connectivity index (χ0n) is 12.6. The second-order valence-corrected chi connectivity index (χ2v) is 6.57. The molecule has 1 N–H and O–H groups in total. The maximum Gasteiger partial charge on any atom is 0.321 e. The van der Waals surface area contributed by atoms with Crippen LogP contribution in [0.3, 0.4) is 0 Å². The molecule has 1 heterocycles. The zero-order chi connectivity index (χ0) is 14.7. The van der Waals surface area contributed by atoms with E-state index in [2.05, 4.69) is 29.2 Å². The summed E-state index contributed by atoms with van der Waals surface area (Å²) in [5.74, 6) is 0.234. The Morgan fingerprint density at radius 1 is 1.10 bits per heavy atom. The van der Waals surface area contributed by atoms with Gasteiger partial charge >= 0.3 is 5.97 Å². The van der Waals surface area contributed by atoms with Gasteiger partial charge in [0.05, 0.1) is 0 Å². The van der Waals surface area contributed by atoms with Gasteiger partial charge in [0.1, 0.15) is 6.04 Å². The van der Waals surface area contributed by atoms with Crippen LogP contribution in [0, 0.1) is 5.92 Å². The summed E-state index contributed by atoms with van der Waals surface area (Å²) in [6.45, 7) is 1.82. The Morgan fingerprint density at radius 3 is 2.48 bits per heavy atom. The van der Waals surface area contributed by atoms with Crippen molar-refractivity contribution < 1.29 is 9.90 Å². The van der Waals surface area contributed by atoms with Crippen LogP contribution in [0.2, 0.25) is 0 Å². The number of rotatable bonds is 4. The van der Waals surface area contributed by atoms with E-state index in [1.54, 1.807) is 0 Å². The SMILES string of the molecule is O=C(O)C(C1CCCCC1)N1CCC(c2ccccc2)C1. The molecule has 1 aliphatic carbocycles. The minimum absolute atomic E-state index is 0.265. The van der Waals surface area contributed by atoms with Gasteiger partial charge in [0.15, 0.2) is 0 Å². The van der Waals surface area contributed by atoms with Gasteiger partial charge in [-0.1, -0.05) is 49.6 Å². The van der Waals surface area contributed by atoms with E-state index in [0.717, 1.165) is 32.4 Å². The Hall–Kier alpha value is -1.35. The molecule has 114 valence electrons. The summed E-state index contributed by atoms with van der Waals surface area (Å²) in [5, 5.41) is 9.70. The summed E-state index contributed by atoms with van der Waals surface area (Å²) in [7, 11) is 0. The number of aliphatic carboxylic acids is 1. The Balaban J connectivity index is 1.69. The standard InChI is InChI=1S/C18H25NO2/c20-18(21)17(15-9-5-2-6-10-15)19-12-11-16(13-19)14-7-3-1-4-8-14/h1,3-4,7-8,15-17H,2,5-6,9-13H2,(H,20,21). The number of carboxylic acids is 1. The molecule has 2 unspecified atom stereocenters. The topological polar surface area (TPSA) is 40.5 Å². The van der Waals surface area contributed by atoms with E-state index >= 15 is 0 Å². The normalized spacial score (nSPS) is 25.8. The molecule has 1 aliphatic heterocycles. The molecule has 1 saturated heterocycles. The maximum atomic E-state index is 11.8. The van der Waals surface area contributed by atoms with E-state index in [1.807, 2.05) is 6.07 Å². The van der Waals surface area contributed by atoms with Gasteiger partial charge < -0.3 is 5.11 Å². The van der Waals surface area contributed by atoms with Gasteiger partial charge in [-0.15, -0.1) is 0 Å². The smallest absolute Gasteiger partial charge is 0.321 e. The van der Waals surface area contributed by atoms with Crippen LogP contribution >= 0.6 is 0 Å². The van der Waals surface area contributed by atoms with Gasteiger partial charge in [-0.2, -0.15) is 0 Å². The maximum absolute atomic E-state index is 11.8. The summed E-state index contributed by atoms with van der Waals surface area (Å²) in [5.41, 5.74) is 1.35. The summed E-state index contributed by atoms with van der Waals surface area (Å²) in [6, 6.07) is 10.3. The largest absolute Gasteiger partial charge is 0.480 e. The van der Waals surface area contributed by atoms with E-state index < -0.39 is 5.97 Å². The molecule has 1 saturated carbocycles. The zero-order valence-corrected chi connectivity index (χ0v) is 12.6. The number of likely N-dealkylation sites (tertiary alicyclic amines) is 1. The van der Waals surface area contributed by atoms with E-state index in [4.69, 9.17) is 0 Å². The van der Waals surface area contributed by atoms with Crippen molar-refractivity contribution in [2.45, 2.75) is 50.5 Å². The van der Waals surface area contributed by atoms with Crippen molar-refractivity contribution in [2.75, 3.05) is 13.1 Å². The lowest BCUT2D eigenvalue weighted by molar-refractivity contribution is -0.145. The Bertz CT molecular complexity index is 467. The fourth-order valence-corrected chi connectivity index (χ4v) is 4.14. The molecule has 0 aromatic heterocycles. The summed E-state index contributed by atoms with van der Waals surface area (Å²) in [6.07, 6.45) is 6.93. The molecule has 1 aromatic carbocycles. The van der Waals surface area contributed by atoms with Crippen LogP contribution in [0.15, 0.2) is 30.3 Å². The molecule has 2 fully saturated rings. The first-order valence-corrected chi connectivity index (χ1v) is 8.27. The first kappa shape index (κ1) is 14.6. The van der Waals surface area contributed by atoms with Gasteiger partial charge in [0.2, 0.25) is 0 Å². The highest BCUT2D eigenvalue weighted by Gasteiger charge is 2.38. The second kappa shape index (κ2) is 6.61. The Morgan fingerprint density at radius 2 is 1.81 bits per heavy atom. The number of hydrogen-bond acceptors (Lipinski definition) is 2. The monoisotopic (exact) mass is 287 g/mol. The van der Waals surface area contributed by atoms with Crippen molar-refractivity contribution >= 4 is 5.97 Å². The van der Waals surface area contributed by atoms with Crippen molar-refractivity contribution in [1.29, 1.82) is 0 Å². The van der Waals surface area contributed by atoms with Crippen molar-refractivity contribution in [2.24, 2.45) is 5.92 Å². The third-order valence-corrected chi connectivity index (χ3v) is 5.23. The van der Waals surface area contributed by atoms with E-state index in [9.17, 15) is 9.90 Å². The van der Waals surface area contributed by atoms with E-state index in [-0.39, 0.29) is 6.04 Å². The summed E-state index contributed by atoms with van der Waals surface area (Å²) < 4.78 is 0. The molecule has 0 bridgehead atoms. The van der Waals surface area contributed by atoms with Crippen molar-refractivity contribution in [3.05, 3.63) is 35.9 Å². The van der Waals surface area contributed by atoms with Gasteiger partial charge in [-0.25, -0.2) is 0 Å². The summed E-state index contributed by atoms with van der Waals surface area (Å²) in [4.78, 5) is 14.0. The fraction of sp³-hybridized carbons (Fsp3) is 0.611. The number of hydrogen-bond donors (Lipinski definition) is 1. The molecule has 3 heteroatoms. The van der Waals surface area contributed by atoms with Crippen LogP contribution in [-0.4, -0.2) is 35.1 Å². The molecule has 3 rings (SSSR count). The van der Waals surface area contributed by atoms with Crippen LogP contribution in [0.25, 0.3) is 0 Å². The van der Waals surface area contributed by atoms with Crippen molar-refractivity contribution in [3.8, 4) is 0 Å². The molecule has 0 radical (unpaired) electrons. The average Bonchev–Trinajstić information content (AvgIpc) is 2.98. The quantitative estimate of drug-likeness (QED) is 0.921. The highest BCUT2D eigenvalue weighted by Crippen LogP contribution is 2.34. The van der Waals surface area contributed by atoms with Crippen LogP contribution in [0.5, 0.6) is 0 Å². The first-order chi connectivity index (χ1) is 10.3. The summed E-state index contributed by atoms with van der Waals surface area (Å²) >= 11 is 0. The van der Waals surface area contributed by atoms with Crippen LogP contribution < -0.4 is 0 Å². The van der Waals surface area contributed by atoms with E-state index in [1.165, 1.54) is 24.8 Å². The lowest BCUT2D eigenvalue weighted by Crippen LogP contribution is -2.45. The molecule has 3 nitrogen and oxygen atoms in total. The molecule has 0 spiro atoms. The van der Waals surface area contributed by atoms with Crippen molar-refractivity contribution in [1.82, 2.24) is 4.90 Å². The number of nitrogens with zero attached hydrogens (tertiary/aromatic N) is 1. The lowest BCUT2D eigenvalue weighted by atomic mass is 9.83. The van der Waals surface area contributed by atoms with Gasteiger partial charge in [-0.3, -0.25) is 9.69 Å². The Labute approximate surface area is 127 Å². The molecule has 0 amide bonds. The first-order valence-electron chi connectivity index (χ1n) is 8.27. The molecule has 2 aliphatic rings. The van der Waals surface area contributed by atoms with Crippen LogP contribution in [0.4, 0.5) is 0 Å². The predicted octanol–water partition coefficient (Wildman–Crippen LogP) is 3.51. The van der Waals surface area contributed by atoms with E-state index in [0.29, 0.717) is 11.8 Å². The highest BCUT2D eigenvalue weighted by molar-refractivity contribution is 5.74. The Kier molecular flexibility index (Phi) is 4.59. The predicted molar refractivity (Wildman–Crippen MR) is 83.4 cm³/mol. The third-order valence-electron chi connectivity index (χ3n) is 5.23. The van der Waals surface area contributed by atoms with Gasteiger partial charge in [0, 0.05) is 6.54 Å². The molecule has 1 aromatic rings. The number of carbonyl (C=O) groups is 1. The minimum atomic E-state index is -0.615. The van der Waals surface area contributed by atoms with Crippen molar-refractivity contribution in [3.63, 3.8) is 0 Å². The number of carboxylic acid groups (broad SMARTS) is 1. The molecule has 21 heavy (non-hydrogen) atoms. The van der Waals surface area contributed by atoms with Crippen LogP contribution in [-0.2, 0) is 4.79 Å². The second-order valence-electron chi connectivity index (χ2n) is 6.57. The molecular formula is C18H25NO2. The number of benzene rings is 1. The fourth-order valence-electron chi connectivity index (χ4n) is 4.14. The average molecular weight is 287 g/mol. The highest BCUT2D eigenvalue weighted by atomic mass is 16.4.